The van der Waals surface area contributed by atoms with Gasteiger partial charge >= 0.3 is 0 Å². The highest BCUT2D eigenvalue weighted by molar-refractivity contribution is 6.29. The SMILES string of the molecule is CCOC1CCCN(c2cc(Cl)nc(N)n2)C1. The third-order valence-corrected chi connectivity index (χ3v) is 3.00. The highest BCUT2D eigenvalue weighted by Crippen LogP contribution is 2.22. The third kappa shape index (κ3) is 3.20. The lowest BCUT2D eigenvalue weighted by molar-refractivity contribution is 0.0525. The number of nitrogen functional groups attached to an aromatic ring is 1. The van der Waals surface area contributed by atoms with Crippen LogP contribution in [0.25, 0.3) is 0 Å². The van der Waals surface area contributed by atoms with Gasteiger partial charge in [-0.05, 0) is 19.8 Å². The van der Waals surface area contributed by atoms with E-state index in [1.807, 2.05) is 6.92 Å². The number of halogens is 1. The van der Waals surface area contributed by atoms with E-state index in [2.05, 4.69) is 14.9 Å². The molecule has 17 heavy (non-hydrogen) atoms. The number of aromatic nitrogens is 2. The Bertz CT molecular complexity index is 365. The number of hydrogen-bond donors (Lipinski definition) is 1. The summed E-state index contributed by atoms with van der Waals surface area (Å²) in [5.41, 5.74) is 5.59. The Hall–Kier alpha value is -1.07. The van der Waals surface area contributed by atoms with Crippen LogP contribution in [0.4, 0.5) is 11.8 Å². The van der Waals surface area contributed by atoms with Gasteiger partial charge < -0.3 is 15.4 Å². The Kier molecular flexibility index (Phi) is 4.02. The summed E-state index contributed by atoms with van der Waals surface area (Å²) in [5.74, 6) is 0.998. The zero-order chi connectivity index (χ0) is 12.3. The average Bonchev–Trinajstić information content (AvgIpc) is 2.28. The highest BCUT2D eigenvalue weighted by atomic mass is 35.5. The molecular formula is C11H17ClN4O. The number of nitrogens with zero attached hydrogens (tertiary/aromatic N) is 3. The summed E-state index contributed by atoms with van der Waals surface area (Å²) in [6, 6.07) is 1.74. The minimum atomic E-state index is 0.214. The lowest BCUT2D eigenvalue weighted by atomic mass is 10.1. The molecule has 1 aromatic rings. The molecule has 0 amide bonds. The molecule has 0 bridgehead atoms. The van der Waals surface area contributed by atoms with Crippen molar-refractivity contribution in [2.45, 2.75) is 25.9 Å². The first-order chi connectivity index (χ1) is 8.19. The summed E-state index contributed by atoms with van der Waals surface area (Å²) in [6.07, 6.45) is 2.45. The van der Waals surface area contributed by atoms with E-state index < -0.39 is 0 Å². The molecule has 0 aliphatic carbocycles. The van der Waals surface area contributed by atoms with Gasteiger partial charge in [0.2, 0.25) is 5.95 Å². The fourth-order valence-corrected chi connectivity index (χ4v) is 2.29. The molecule has 1 aliphatic rings. The number of anilines is 2. The minimum Gasteiger partial charge on any atom is -0.377 e. The number of nitrogens with two attached hydrogens (primary N) is 1. The van der Waals surface area contributed by atoms with Crippen LogP contribution in [0.5, 0.6) is 0 Å². The first-order valence-electron chi connectivity index (χ1n) is 5.85. The normalized spacial score (nSPS) is 20.6. The second-order valence-corrected chi connectivity index (χ2v) is 4.46. The van der Waals surface area contributed by atoms with E-state index >= 15 is 0 Å². The van der Waals surface area contributed by atoms with Crippen molar-refractivity contribution in [2.75, 3.05) is 30.3 Å². The van der Waals surface area contributed by atoms with Gasteiger partial charge in [-0.15, -0.1) is 0 Å². The van der Waals surface area contributed by atoms with Crippen molar-refractivity contribution in [3.05, 3.63) is 11.2 Å². The fourth-order valence-electron chi connectivity index (χ4n) is 2.10. The summed E-state index contributed by atoms with van der Waals surface area (Å²) in [6.45, 7) is 4.54. The third-order valence-electron chi connectivity index (χ3n) is 2.80. The van der Waals surface area contributed by atoms with Crippen LogP contribution in [0.1, 0.15) is 19.8 Å². The van der Waals surface area contributed by atoms with Crippen molar-refractivity contribution >= 4 is 23.4 Å². The molecule has 1 fully saturated rings. The molecule has 0 saturated carbocycles. The van der Waals surface area contributed by atoms with Crippen LogP contribution in [0.2, 0.25) is 5.15 Å². The van der Waals surface area contributed by atoms with Gasteiger partial charge in [0.05, 0.1) is 6.10 Å². The van der Waals surface area contributed by atoms with Crippen LogP contribution in [-0.2, 0) is 4.74 Å². The zero-order valence-corrected chi connectivity index (χ0v) is 10.7. The van der Waals surface area contributed by atoms with Gasteiger partial charge in [0.1, 0.15) is 11.0 Å². The first kappa shape index (κ1) is 12.4. The van der Waals surface area contributed by atoms with Crippen molar-refractivity contribution in [2.24, 2.45) is 0 Å². The van der Waals surface area contributed by atoms with Crippen LogP contribution >= 0.6 is 11.6 Å². The average molecular weight is 257 g/mol. The predicted molar refractivity (Wildman–Crippen MR) is 68.3 cm³/mol. The van der Waals surface area contributed by atoms with Crippen LogP contribution in [0.3, 0.4) is 0 Å². The Labute approximate surface area is 106 Å². The summed E-state index contributed by atoms with van der Waals surface area (Å²) in [4.78, 5) is 10.2. The van der Waals surface area contributed by atoms with Gasteiger partial charge in [-0.2, -0.15) is 4.98 Å². The van der Waals surface area contributed by atoms with Gasteiger partial charge in [-0.1, -0.05) is 11.6 Å². The van der Waals surface area contributed by atoms with E-state index in [1.54, 1.807) is 6.07 Å². The number of piperidine rings is 1. The van der Waals surface area contributed by atoms with Gasteiger partial charge in [0.15, 0.2) is 0 Å². The number of ether oxygens (including phenoxy) is 1. The molecule has 2 N–H and O–H groups in total. The van der Waals surface area contributed by atoms with Crippen molar-refractivity contribution in [3.63, 3.8) is 0 Å². The predicted octanol–water partition coefficient (Wildman–Crippen LogP) is 1.72. The van der Waals surface area contributed by atoms with Crippen LogP contribution in [-0.4, -0.2) is 35.8 Å². The van der Waals surface area contributed by atoms with E-state index in [0.717, 1.165) is 38.4 Å². The summed E-state index contributed by atoms with van der Waals surface area (Å²) >= 11 is 5.88. The molecule has 0 aromatic carbocycles. The van der Waals surface area contributed by atoms with E-state index in [4.69, 9.17) is 22.1 Å². The molecule has 0 spiro atoms. The second kappa shape index (κ2) is 5.51. The Balaban J connectivity index is 2.10. The van der Waals surface area contributed by atoms with Crippen molar-refractivity contribution in [3.8, 4) is 0 Å². The summed E-state index contributed by atoms with van der Waals surface area (Å²) in [7, 11) is 0. The molecular weight excluding hydrogens is 240 g/mol. The van der Waals surface area contributed by atoms with Gasteiger partial charge in [0.25, 0.3) is 0 Å². The van der Waals surface area contributed by atoms with Crippen molar-refractivity contribution < 1.29 is 4.74 Å². The van der Waals surface area contributed by atoms with Crippen LogP contribution in [0, 0.1) is 0 Å². The van der Waals surface area contributed by atoms with Crippen molar-refractivity contribution in [1.82, 2.24) is 9.97 Å². The maximum absolute atomic E-state index is 5.88. The lowest BCUT2D eigenvalue weighted by Crippen LogP contribution is -2.40. The van der Waals surface area contributed by atoms with Gasteiger partial charge in [-0.3, -0.25) is 0 Å². The maximum atomic E-state index is 5.88. The Morgan fingerprint density at radius 3 is 3.12 bits per heavy atom. The zero-order valence-electron chi connectivity index (χ0n) is 9.90. The standard InChI is InChI=1S/C11H17ClN4O/c1-2-17-8-4-3-5-16(7-8)10-6-9(12)14-11(13)15-10/h6,8H,2-5,7H2,1H3,(H2,13,14,15). The lowest BCUT2D eigenvalue weighted by Gasteiger charge is -2.33. The number of rotatable bonds is 3. The van der Waals surface area contributed by atoms with Crippen LogP contribution < -0.4 is 10.6 Å². The van der Waals surface area contributed by atoms with Crippen LogP contribution in [0.15, 0.2) is 6.07 Å². The molecule has 0 radical (unpaired) electrons. The minimum absolute atomic E-state index is 0.214. The molecule has 2 rings (SSSR count). The monoisotopic (exact) mass is 256 g/mol. The second-order valence-electron chi connectivity index (χ2n) is 4.07. The van der Waals surface area contributed by atoms with E-state index in [9.17, 15) is 0 Å². The molecule has 94 valence electrons. The quantitative estimate of drug-likeness (QED) is 0.835. The first-order valence-corrected chi connectivity index (χ1v) is 6.23. The van der Waals surface area contributed by atoms with E-state index in [-0.39, 0.29) is 12.1 Å². The van der Waals surface area contributed by atoms with Gasteiger partial charge in [-0.25, -0.2) is 4.98 Å². The molecule has 1 aliphatic heterocycles. The highest BCUT2D eigenvalue weighted by Gasteiger charge is 2.21. The summed E-state index contributed by atoms with van der Waals surface area (Å²) in [5, 5.41) is 0.381. The topological polar surface area (TPSA) is 64.3 Å². The molecule has 5 nitrogen and oxygen atoms in total. The Morgan fingerprint density at radius 2 is 2.41 bits per heavy atom. The van der Waals surface area contributed by atoms with Crippen molar-refractivity contribution in [1.29, 1.82) is 0 Å². The smallest absolute Gasteiger partial charge is 0.223 e. The number of hydrogen-bond acceptors (Lipinski definition) is 5. The Morgan fingerprint density at radius 1 is 1.59 bits per heavy atom. The summed E-state index contributed by atoms with van der Waals surface area (Å²) < 4.78 is 5.65. The van der Waals surface area contributed by atoms with E-state index in [0.29, 0.717) is 5.15 Å². The fraction of sp³-hybridized carbons (Fsp3) is 0.636. The molecule has 1 saturated heterocycles. The maximum Gasteiger partial charge on any atom is 0.223 e. The molecule has 6 heteroatoms. The van der Waals surface area contributed by atoms with Gasteiger partial charge in [0, 0.05) is 25.8 Å². The van der Waals surface area contributed by atoms with E-state index in [1.165, 1.54) is 0 Å². The molecule has 1 unspecified atom stereocenters. The molecule has 1 aromatic heterocycles. The molecule has 2 heterocycles. The largest absolute Gasteiger partial charge is 0.377 e. The molecule has 1 atom stereocenters.